The lowest BCUT2D eigenvalue weighted by Gasteiger charge is -2.25. The molecular weight excluding hydrogens is 140 g/mol. The van der Waals surface area contributed by atoms with Crippen LogP contribution in [0.2, 0.25) is 0 Å². The van der Waals surface area contributed by atoms with E-state index in [1.807, 2.05) is 0 Å². The molecule has 11 heavy (non-hydrogen) atoms. The van der Waals surface area contributed by atoms with Gasteiger partial charge in [-0.1, -0.05) is 6.42 Å². The number of aliphatic hydroxyl groups excluding tert-OH is 1. The zero-order chi connectivity index (χ0) is 8.27. The van der Waals surface area contributed by atoms with E-state index in [1.54, 1.807) is 6.92 Å². The van der Waals surface area contributed by atoms with Crippen molar-refractivity contribution in [2.24, 2.45) is 11.8 Å². The SMILES string of the molecule is CC(=O)C1CCCC(CO)C1. The Bertz CT molecular complexity index is 142. The van der Waals surface area contributed by atoms with Gasteiger partial charge in [0.2, 0.25) is 0 Å². The van der Waals surface area contributed by atoms with Gasteiger partial charge >= 0.3 is 0 Å². The summed E-state index contributed by atoms with van der Waals surface area (Å²) in [5, 5.41) is 8.88. The Labute approximate surface area is 67.6 Å². The van der Waals surface area contributed by atoms with Crippen LogP contribution in [0.4, 0.5) is 0 Å². The van der Waals surface area contributed by atoms with Crippen LogP contribution in [0.5, 0.6) is 0 Å². The van der Waals surface area contributed by atoms with E-state index in [4.69, 9.17) is 5.11 Å². The molecular formula is C9H16O2. The number of carbonyl (C=O) groups is 1. The molecule has 0 aromatic carbocycles. The number of rotatable bonds is 2. The van der Waals surface area contributed by atoms with Gasteiger partial charge in [-0.25, -0.2) is 0 Å². The van der Waals surface area contributed by atoms with Gasteiger partial charge in [-0.2, -0.15) is 0 Å². The minimum absolute atomic E-state index is 0.237. The van der Waals surface area contributed by atoms with Gasteiger partial charge in [0.25, 0.3) is 0 Å². The molecule has 0 aromatic heterocycles. The van der Waals surface area contributed by atoms with Crippen LogP contribution in [0.25, 0.3) is 0 Å². The molecule has 0 bridgehead atoms. The van der Waals surface area contributed by atoms with Crippen LogP contribution in [0, 0.1) is 11.8 Å². The number of ketones is 1. The van der Waals surface area contributed by atoms with Crippen molar-refractivity contribution in [3.05, 3.63) is 0 Å². The smallest absolute Gasteiger partial charge is 0.132 e. The Morgan fingerprint density at radius 3 is 2.82 bits per heavy atom. The lowest BCUT2D eigenvalue weighted by molar-refractivity contribution is -0.122. The maximum Gasteiger partial charge on any atom is 0.132 e. The maximum atomic E-state index is 11.0. The molecule has 0 spiro atoms. The molecule has 1 fully saturated rings. The lowest BCUT2D eigenvalue weighted by Crippen LogP contribution is -2.22. The van der Waals surface area contributed by atoms with Crippen LogP contribution in [0.3, 0.4) is 0 Å². The van der Waals surface area contributed by atoms with Gasteiger partial charge in [0.1, 0.15) is 5.78 Å². The van der Waals surface area contributed by atoms with Gasteiger partial charge in [0, 0.05) is 12.5 Å². The fraction of sp³-hybridized carbons (Fsp3) is 0.889. The largest absolute Gasteiger partial charge is 0.396 e. The summed E-state index contributed by atoms with van der Waals surface area (Å²) in [6.07, 6.45) is 4.15. The van der Waals surface area contributed by atoms with Crippen LogP contribution in [0.15, 0.2) is 0 Å². The quantitative estimate of drug-likeness (QED) is 0.655. The van der Waals surface area contributed by atoms with E-state index in [2.05, 4.69) is 0 Å². The molecule has 2 nitrogen and oxygen atoms in total. The topological polar surface area (TPSA) is 37.3 Å². The highest BCUT2D eigenvalue weighted by atomic mass is 16.3. The number of Topliss-reactive ketones (excluding diaryl/α,β-unsaturated/α-hetero) is 1. The molecule has 0 heterocycles. The zero-order valence-corrected chi connectivity index (χ0v) is 7.05. The van der Waals surface area contributed by atoms with Crippen molar-refractivity contribution < 1.29 is 9.90 Å². The lowest BCUT2D eigenvalue weighted by atomic mass is 9.80. The number of hydrogen-bond acceptors (Lipinski definition) is 2. The number of hydrogen-bond donors (Lipinski definition) is 1. The predicted octanol–water partition coefficient (Wildman–Crippen LogP) is 1.37. The van der Waals surface area contributed by atoms with E-state index in [-0.39, 0.29) is 12.5 Å². The number of carbonyl (C=O) groups excluding carboxylic acids is 1. The summed E-state index contributed by atoms with van der Waals surface area (Å²) in [6.45, 7) is 1.91. The molecule has 0 radical (unpaired) electrons. The first kappa shape index (κ1) is 8.72. The average molecular weight is 156 g/mol. The summed E-state index contributed by atoms with van der Waals surface area (Å²) < 4.78 is 0. The van der Waals surface area contributed by atoms with E-state index >= 15 is 0 Å². The molecule has 2 unspecified atom stereocenters. The van der Waals surface area contributed by atoms with Crippen molar-refractivity contribution >= 4 is 5.78 Å². The van der Waals surface area contributed by atoms with Gasteiger partial charge in [-0.15, -0.1) is 0 Å². The third kappa shape index (κ3) is 2.29. The predicted molar refractivity (Wildman–Crippen MR) is 43.2 cm³/mol. The van der Waals surface area contributed by atoms with Crippen LogP contribution >= 0.6 is 0 Å². The minimum atomic E-state index is 0.237. The Balaban J connectivity index is 2.39. The van der Waals surface area contributed by atoms with Crippen LogP contribution in [0.1, 0.15) is 32.6 Å². The molecule has 0 saturated heterocycles. The number of aliphatic hydroxyl groups is 1. The summed E-state index contributed by atoms with van der Waals surface area (Å²) in [5.41, 5.74) is 0. The van der Waals surface area contributed by atoms with Crippen molar-refractivity contribution in [2.75, 3.05) is 6.61 Å². The highest BCUT2D eigenvalue weighted by molar-refractivity contribution is 5.78. The zero-order valence-electron chi connectivity index (χ0n) is 7.05. The summed E-state index contributed by atoms with van der Waals surface area (Å²) in [7, 11) is 0. The van der Waals surface area contributed by atoms with E-state index in [9.17, 15) is 4.79 Å². The fourth-order valence-corrected chi connectivity index (χ4v) is 1.83. The maximum absolute atomic E-state index is 11.0. The first-order chi connectivity index (χ1) is 5.24. The van der Waals surface area contributed by atoms with Gasteiger partial charge in [0.15, 0.2) is 0 Å². The highest BCUT2D eigenvalue weighted by Gasteiger charge is 2.23. The second-order valence-electron chi connectivity index (χ2n) is 3.52. The van der Waals surface area contributed by atoms with Crippen molar-refractivity contribution in [1.82, 2.24) is 0 Å². The summed E-state index contributed by atoms with van der Waals surface area (Å²) in [4.78, 5) is 11.0. The fourth-order valence-electron chi connectivity index (χ4n) is 1.83. The monoisotopic (exact) mass is 156 g/mol. The van der Waals surface area contributed by atoms with Crippen LogP contribution < -0.4 is 0 Å². The molecule has 1 aliphatic carbocycles. The van der Waals surface area contributed by atoms with E-state index in [1.165, 1.54) is 0 Å². The second-order valence-corrected chi connectivity index (χ2v) is 3.52. The molecule has 2 atom stereocenters. The van der Waals surface area contributed by atoms with Crippen LogP contribution in [-0.2, 0) is 4.79 Å². The standard InChI is InChI=1S/C9H16O2/c1-7(11)9-4-2-3-8(5-9)6-10/h8-10H,2-6H2,1H3. The summed E-state index contributed by atoms with van der Waals surface area (Å²) in [6, 6.07) is 0. The Morgan fingerprint density at radius 1 is 1.55 bits per heavy atom. The third-order valence-electron chi connectivity index (χ3n) is 2.62. The average Bonchev–Trinajstić information content (AvgIpc) is 2.05. The first-order valence-corrected chi connectivity index (χ1v) is 4.35. The van der Waals surface area contributed by atoms with Crippen molar-refractivity contribution in [3.8, 4) is 0 Å². The summed E-state index contributed by atoms with van der Waals surface area (Å²) >= 11 is 0. The normalized spacial score (nSPS) is 31.8. The Morgan fingerprint density at radius 2 is 2.27 bits per heavy atom. The summed E-state index contributed by atoms with van der Waals surface area (Å²) in [5.74, 6) is 0.918. The van der Waals surface area contributed by atoms with Crippen molar-refractivity contribution in [2.45, 2.75) is 32.6 Å². The van der Waals surface area contributed by atoms with Crippen molar-refractivity contribution in [3.63, 3.8) is 0 Å². The molecule has 2 heteroatoms. The van der Waals surface area contributed by atoms with Gasteiger partial charge < -0.3 is 5.11 Å². The molecule has 0 amide bonds. The minimum Gasteiger partial charge on any atom is -0.396 e. The highest BCUT2D eigenvalue weighted by Crippen LogP contribution is 2.28. The van der Waals surface area contributed by atoms with Crippen LogP contribution in [-0.4, -0.2) is 17.5 Å². The van der Waals surface area contributed by atoms with E-state index in [0.717, 1.165) is 25.7 Å². The van der Waals surface area contributed by atoms with Crippen molar-refractivity contribution in [1.29, 1.82) is 0 Å². The molecule has 1 saturated carbocycles. The first-order valence-electron chi connectivity index (χ1n) is 4.35. The van der Waals surface area contributed by atoms with E-state index < -0.39 is 0 Å². The molecule has 1 aliphatic rings. The van der Waals surface area contributed by atoms with E-state index in [0.29, 0.717) is 11.7 Å². The molecule has 1 N–H and O–H groups in total. The molecule has 0 aliphatic heterocycles. The second kappa shape index (κ2) is 3.86. The molecule has 64 valence electrons. The molecule has 0 aromatic rings. The Kier molecular flexibility index (Phi) is 3.06. The molecule has 1 rings (SSSR count). The Hall–Kier alpha value is -0.370. The van der Waals surface area contributed by atoms with Gasteiger partial charge in [0.05, 0.1) is 0 Å². The van der Waals surface area contributed by atoms with Gasteiger partial charge in [-0.05, 0) is 32.1 Å². The third-order valence-corrected chi connectivity index (χ3v) is 2.62. The van der Waals surface area contributed by atoms with Gasteiger partial charge in [-0.3, -0.25) is 4.79 Å².